The zero-order valence-electron chi connectivity index (χ0n) is 12.6. The lowest BCUT2D eigenvalue weighted by Gasteiger charge is -2.14. The van der Waals surface area contributed by atoms with Gasteiger partial charge in [-0.25, -0.2) is 4.98 Å². The number of fused-ring (bicyclic) bond motifs is 1. The van der Waals surface area contributed by atoms with Crippen molar-refractivity contribution in [1.82, 2.24) is 19.9 Å². The van der Waals surface area contributed by atoms with E-state index in [4.69, 9.17) is 0 Å². The van der Waals surface area contributed by atoms with Crippen LogP contribution in [0.3, 0.4) is 0 Å². The minimum Gasteiger partial charge on any atom is -0.346 e. The van der Waals surface area contributed by atoms with Crippen LogP contribution in [0.1, 0.15) is 18.7 Å². The Labute approximate surface area is 132 Å². The second kappa shape index (κ2) is 6.39. The molecule has 6 nitrogen and oxygen atoms in total. The zero-order chi connectivity index (χ0) is 16.2. The maximum absolute atomic E-state index is 12.3. The van der Waals surface area contributed by atoms with Crippen molar-refractivity contribution in [1.29, 1.82) is 0 Å². The van der Waals surface area contributed by atoms with E-state index in [1.165, 1.54) is 10.8 Å². The minimum absolute atomic E-state index is 0.0565. The summed E-state index contributed by atoms with van der Waals surface area (Å²) in [6, 6.07) is 12.5. The molecule has 3 rings (SSSR count). The fourth-order valence-corrected chi connectivity index (χ4v) is 2.41. The van der Waals surface area contributed by atoms with E-state index in [-0.39, 0.29) is 24.1 Å². The van der Waals surface area contributed by atoms with Gasteiger partial charge in [0.25, 0.3) is 5.56 Å². The van der Waals surface area contributed by atoms with Gasteiger partial charge in [-0.1, -0.05) is 18.2 Å². The number of amides is 1. The molecule has 2 heterocycles. The van der Waals surface area contributed by atoms with Gasteiger partial charge >= 0.3 is 0 Å². The first kappa shape index (κ1) is 14.9. The zero-order valence-corrected chi connectivity index (χ0v) is 12.6. The molecule has 0 aliphatic rings. The Morgan fingerprint density at radius 3 is 2.74 bits per heavy atom. The van der Waals surface area contributed by atoms with Crippen LogP contribution in [-0.4, -0.2) is 20.4 Å². The Morgan fingerprint density at radius 2 is 1.96 bits per heavy atom. The van der Waals surface area contributed by atoms with Crippen molar-refractivity contribution in [2.24, 2.45) is 0 Å². The first-order valence-corrected chi connectivity index (χ1v) is 7.30. The number of carbonyl (C=O) groups excluding carboxylic acids is 1. The summed E-state index contributed by atoms with van der Waals surface area (Å²) < 4.78 is 1.42. The summed E-state index contributed by atoms with van der Waals surface area (Å²) in [5.41, 5.74) is 1.79. The topological polar surface area (TPSA) is 76.9 Å². The molecule has 6 heteroatoms. The number of aromatic nitrogens is 3. The number of carbonyl (C=O) groups is 1. The first-order chi connectivity index (χ1) is 11.1. The van der Waals surface area contributed by atoms with Crippen LogP contribution in [0.15, 0.2) is 59.7 Å². The number of nitrogens with one attached hydrogen (secondary N) is 1. The summed E-state index contributed by atoms with van der Waals surface area (Å²) in [6.07, 6.45) is 2.91. The fourth-order valence-electron chi connectivity index (χ4n) is 2.41. The Bertz CT molecular complexity index is 890. The van der Waals surface area contributed by atoms with Crippen molar-refractivity contribution in [3.05, 3.63) is 70.9 Å². The molecule has 1 unspecified atom stereocenters. The van der Waals surface area contributed by atoms with Crippen LogP contribution in [0.2, 0.25) is 0 Å². The van der Waals surface area contributed by atoms with Crippen molar-refractivity contribution in [3.8, 4) is 0 Å². The smallest absolute Gasteiger partial charge is 0.269 e. The monoisotopic (exact) mass is 308 g/mol. The molecule has 2 aromatic heterocycles. The van der Waals surface area contributed by atoms with Crippen LogP contribution >= 0.6 is 0 Å². The molecule has 0 saturated carbocycles. The fraction of sp³-hybridized carbons (Fsp3) is 0.176. The second-order valence-electron chi connectivity index (χ2n) is 5.22. The number of rotatable bonds is 4. The summed E-state index contributed by atoms with van der Waals surface area (Å²) in [5, 5.41) is 2.86. The van der Waals surface area contributed by atoms with Crippen LogP contribution < -0.4 is 10.9 Å². The van der Waals surface area contributed by atoms with E-state index in [0.29, 0.717) is 11.0 Å². The van der Waals surface area contributed by atoms with E-state index in [2.05, 4.69) is 15.3 Å². The molecule has 0 spiro atoms. The van der Waals surface area contributed by atoms with Crippen molar-refractivity contribution < 1.29 is 4.79 Å². The molecular formula is C17H16N4O2. The molecule has 0 bridgehead atoms. The summed E-state index contributed by atoms with van der Waals surface area (Å²) in [6.45, 7) is 1.80. The van der Waals surface area contributed by atoms with Crippen molar-refractivity contribution in [2.45, 2.75) is 19.5 Å². The van der Waals surface area contributed by atoms with E-state index in [1.807, 2.05) is 37.3 Å². The van der Waals surface area contributed by atoms with Crippen molar-refractivity contribution >= 4 is 16.9 Å². The summed E-state index contributed by atoms with van der Waals surface area (Å²) in [7, 11) is 0. The lowest BCUT2D eigenvalue weighted by atomic mass is 10.2. The molecular weight excluding hydrogens is 292 g/mol. The summed E-state index contributed by atoms with van der Waals surface area (Å²) in [4.78, 5) is 32.6. The van der Waals surface area contributed by atoms with E-state index in [0.717, 1.165) is 5.69 Å². The van der Waals surface area contributed by atoms with E-state index in [9.17, 15) is 9.59 Å². The highest BCUT2D eigenvalue weighted by atomic mass is 16.2. The maximum atomic E-state index is 12.3. The second-order valence-corrected chi connectivity index (χ2v) is 5.22. The third-order valence-corrected chi connectivity index (χ3v) is 3.56. The van der Waals surface area contributed by atoms with Gasteiger partial charge in [0, 0.05) is 6.20 Å². The molecule has 1 atom stereocenters. The molecule has 116 valence electrons. The van der Waals surface area contributed by atoms with Gasteiger partial charge in [0.05, 0.1) is 29.0 Å². The van der Waals surface area contributed by atoms with E-state index >= 15 is 0 Å². The molecule has 1 aromatic carbocycles. The largest absolute Gasteiger partial charge is 0.346 e. The molecule has 3 aromatic rings. The molecule has 1 amide bonds. The highest BCUT2D eigenvalue weighted by Gasteiger charge is 2.13. The summed E-state index contributed by atoms with van der Waals surface area (Å²) >= 11 is 0. The standard InChI is InChI=1S/C17H16N4O2/c1-12(13-6-4-5-9-18-13)20-16(22)11-21-15-8-3-2-7-14(15)19-10-17(21)23/h2-10,12H,11H2,1H3,(H,20,22). The van der Waals surface area contributed by atoms with Crippen LogP contribution in [0, 0.1) is 0 Å². The highest BCUT2D eigenvalue weighted by molar-refractivity contribution is 5.80. The Morgan fingerprint density at radius 1 is 1.17 bits per heavy atom. The molecule has 1 N–H and O–H groups in total. The predicted molar refractivity (Wildman–Crippen MR) is 86.8 cm³/mol. The third kappa shape index (κ3) is 3.26. The predicted octanol–water partition coefficient (Wildman–Crippen LogP) is 1.67. The van der Waals surface area contributed by atoms with Gasteiger partial charge in [-0.05, 0) is 31.2 Å². The van der Waals surface area contributed by atoms with Gasteiger partial charge in [-0.2, -0.15) is 0 Å². The van der Waals surface area contributed by atoms with Crippen molar-refractivity contribution in [2.75, 3.05) is 0 Å². The molecule has 0 aliphatic heterocycles. The van der Waals surface area contributed by atoms with Crippen LogP contribution in [-0.2, 0) is 11.3 Å². The number of hydrogen-bond donors (Lipinski definition) is 1. The van der Waals surface area contributed by atoms with Gasteiger partial charge in [0.1, 0.15) is 6.54 Å². The van der Waals surface area contributed by atoms with Gasteiger partial charge in [0.15, 0.2) is 0 Å². The number of hydrogen-bond acceptors (Lipinski definition) is 4. The molecule has 0 saturated heterocycles. The van der Waals surface area contributed by atoms with Crippen LogP contribution in [0.25, 0.3) is 11.0 Å². The normalized spacial score (nSPS) is 12.0. The summed E-state index contributed by atoms with van der Waals surface area (Å²) in [5.74, 6) is -0.249. The maximum Gasteiger partial charge on any atom is 0.269 e. The van der Waals surface area contributed by atoms with E-state index in [1.54, 1.807) is 18.3 Å². The first-order valence-electron chi connectivity index (χ1n) is 7.30. The quantitative estimate of drug-likeness (QED) is 0.795. The van der Waals surface area contributed by atoms with Gasteiger partial charge < -0.3 is 5.32 Å². The molecule has 0 fully saturated rings. The van der Waals surface area contributed by atoms with Crippen LogP contribution in [0.5, 0.6) is 0 Å². The average Bonchev–Trinajstić information content (AvgIpc) is 2.58. The third-order valence-electron chi connectivity index (χ3n) is 3.56. The molecule has 0 radical (unpaired) electrons. The Balaban J connectivity index is 1.81. The lowest BCUT2D eigenvalue weighted by Crippen LogP contribution is -2.34. The average molecular weight is 308 g/mol. The number of para-hydroxylation sites is 2. The highest BCUT2D eigenvalue weighted by Crippen LogP contribution is 2.10. The van der Waals surface area contributed by atoms with Gasteiger partial charge in [-0.3, -0.25) is 19.1 Å². The number of nitrogens with zero attached hydrogens (tertiary/aromatic N) is 3. The molecule has 23 heavy (non-hydrogen) atoms. The number of pyridine rings is 1. The lowest BCUT2D eigenvalue weighted by molar-refractivity contribution is -0.122. The van der Waals surface area contributed by atoms with E-state index < -0.39 is 0 Å². The number of benzene rings is 1. The Kier molecular flexibility index (Phi) is 4.14. The van der Waals surface area contributed by atoms with Crippen LogP contribution in [0.4, 0.5) is 0 Å². The van der Waals surface area contributed by atoms with Gasteiger partial charge in [-0.15, -0.1) is 0 Å². The minimum atomic E-state index is -0.302. The Hall–Kier alpha value is -3.02. The van der Waals surface area contributed by atoms with Gasteiger partial charge in [0.2, 0.25) is 5.91 Å². The molecule has 0 aliphatic carbocycles. The SMILES string of the molecule is CC(NC(=O)Cn1c(=O)cnc2ccccc21)c1ccccn1. The van der Waals surface area contributed by atoms with Crippen molar-refractivity contribution in [3.63, 3.8) is 0 Å².